The summed E-state index contributed by atoms with van der Waals surface area (Å²) in [5, 5.41) is 14.2. The van der Waals surface area contributed by atoms with Crippen molar-refractivity contribution in [2.75, 3.05) is 6.61 Å². The molecule has 31 heavy (non-hydrogen) atoms. The van der Waals surface area contributed by atoms with Gasteiger partial charge in [-0.1, -0.05) is 35.1 Å². The maximum atomic E-state index is 11.4. The number of carbonyl (C=O) groups is 3. The molecule has 2 atom stereocenters. The van der Waals surface area contributed by atoms with Gasteiger partial charge in [0.2, 0.25) is 0 Å². The van der Waals surface area contributed by atoms with Gasteiger partial charge in [0.05, 0.1) is 18.7 Å². The van der Waals surface area contributed by atoms with Crippen molar-refractivity contribution in [1.82, 2.24) is 10.6 Å². The summed E-state index contributed by atoms with van der Waals surface area (Å²) in [6.45, 7) is 18.8. The van der Waals surface area contributed by atoms with Crippen molar-refractivity contribution in [1.29, 1.82) is 0 Å². The quantitative estimate of drug-likeness (QED) is 0.465. The second kappa shape index (κ2) is 15.9. The average molecular weight is 449 g/mol. The average Bonchev–Trinajstić information content (AvgIpc) is 2.49. The number of carbonyl (C=O) groups excluding carboxylic acids is 3. The highest BCUT2D eigenvalue weighted by Crippen LogP contribution is 2.09. The predicted molar refractivity (Wildman–Crippen MR) is 125 cm³/mol. The molecule has 0 aliphatic carbocycles. The van der Waals surface area contributed by atoms with E-state index in [2.05, 4.69) is 10.6 Å². The first kappa shape index (κ1) is 33.8. The molecule has 0 aliphatic heterocycles. The molecule has 0 radical (unpaired) electrons. The second-order valence-corrected chi connectivity index (χ2v) is 10.2. The molecule has 0 spiro atoms. The van der Waals surface area contributed by atoms with Crippen molar-refractivity contribution in [2.24, 2.45) is 11.8 Å². The minimum atomic E-state index is -0.541. The van der Waals surface area contributed by atoms with E-state index in [9.17, 15) is 14.4 Å². The van der Waals surface area contributed by atoms with E-state index >= 15 is 0 Å². The Morgan fingerprint density at radius 2 is 1.23 bits per heavy atom. The third-order valence-electron chi connectivity index (χ3n) is 3.29. The number of aliphatic hydroxyl groups excluding tert-OH is 1. The highest BCUT2D eigenvalue weighted by atomic mass is 16.6. The lowest BCUT2D eigenvalue weighted by molar-refractivity contribution is -0.110. The number of hydrogen-bond acceptors (Lipinski definition) is 6. The van der Waals surface area contributed by atoms with Gasteiger partial charge >= 0.3 is 12.2 Å². The number of hydrogen-bond donors (Lipinski definition) is 3. The summed E-state index contributed by atoms with van der Waals surface area (Å²) < 4.78 is 10.1. The fourth-order valence-electron chi connectivity index (χ4n) is 2.34. The first-order valence-electron chi connectivity index (χ1n) is 10.5. The Hall–Kier alpha value is -1.83. The zero-order valence-electron chi connectivity index (χ0n) is 20.5. The Balaban J connectivity index is -0.000000490. The highest BCUT2D eigenvalue weighted by Gasteiger charge is 2.20. The van der Waals surface area contributed by atoms with E-state index in [0.717, 1.165) is 12.7 Å². The summed E-state index contributed by atoms with van der Waals surface area (Å²) in [5.74, 6) is 0.784. The van der Waals surface area contributed by atoms with Crippen LogP contribution in [0, 0.1) is 11.8 Å². The number of nitrogens with one attached hydrogen (secondary N) is 2. The molecular weight excluding hydrogens is 400 g/mol. The molecule has 3 N–H and O–H groups in total. The molecule has 0 saturated heterocycles. The number of rotatable bonds is 8. The van der Waals surface area contributed by atoms with Crippen LogP contribution in [0.1, 0.15) is 89.5 Å². The van der Waals surface area contributed by atoms with Crippen LogP contribution >= 0.6 is 0 Å². The van der Waals surface area contributed by atoms with Crippen molar-refractivity contribution >= 4 is 18.5 Å². The third kappa shape index (κ3) is 24.3. The normalized spacial score (nSPS) is 13.2. The van der Waals surface area contributed by atoms with Gasteiger partial charge in [0, 0.05) is 0 Å². The van der Waals surface area contributed by atoms with Crippen LogP contribution in [0.5, 0.6) is 0 Å². The third-order valence-corrected chi connectivity index (χ3v) is 3.29. The van der Waals surface area contributed by atoms with E-state index in [0.29, 0.717) is 18.3 Å². The predicted octanol–water partition coefficient (Wildman–Crippen LogP) is 4.68. The minimum Gasteiger partial charge on any atom is -0.444 e. The van der Waals surface area contributed by atoms with E-state index in [1.54, 1.807) is 20.8 Å². The molecule has 0 heterocycles. The highest BCUT2D eigenvalue weighted by molar-refractivity contribution is 5.73. The van der Waals surface area contributed by atoms with Crippen LogP contribution < -0.4 is 10.6 Å². The summed E-state index contributed by atoms with van der Waals surface area (Å²) in [7, 11) is 0. The van der Waals surface area contributed by atoms with E-state index in [1.807, 2.05) is 48.5 Å². The summed E-state index contributed by atoms with van der Waals surface area (Å²) >= 11 is 0. The molecule has 8 nitrogen and oxygen atoms in total. The molecular formula is C23H48N2O6. The zero-order chi connectivity index (χ0) is 24.1. The number of amides is 2. The molecule has 2 amide bonds. The Labute approximate surface area is 189 Å². The molecule has 0 rings (SSSR count). The van der Waals surface area contributed by atoms with Gasteiger partial charge in [-0.3, -0.25) is 0 Å². The fourth-order valence-corrected chi connectivity index (χ4v) is 2.34. The maximum absolute atomic E-state index is 11.4. The summed E-state index contributed by atoms with van der Waals surface area (Å²) in [6, 6.07) is -0.681. The molecule has 0 saturated carbocycles. The van der Waals surface area contributed by atoms with Crippen LogP contribution in [0.2, 0.25) is 0 Å². The zero-order valence-corrected chi connectivity index (χ0v) is 20.5. The fraction of sp³-hybridized carbons (Fsp3) is 0.870. The molecule has 0 bridgehead atoms. The smallest absolute Gasteiger partial charge is 0.408 e. The Bertz CT molecular complexity index is 507. The summed E-state index contributed by atoms with van der Waals surface area (Å²) in [4.78, 5) is 33.4. The molecule has 2 unspecified atom stereocenters. The summed E-state index contributed by atoms with van der Waals surface area (Å²) in [6.07, 6.45) is 1.10. The van der Waals surface area contributed by atoms with Crippen LogP contribution in [0.3, 0.4) is 0 Å². The van der Waals surface area contributed by atoms with E-state index in [4.69, 9.17) is 14.6 Å². The van der Waals surface area contributed by atoms with E-state index < -0.39 is 29.4 Å². The van der Waals surface area contributed by atoms with Crippen molar-refractivity contribution in [2.45, 2.75) is 113 Å². The van der Waals surface area contributed by atoms with Gasteiger partial charge in [-0.15, -0.1) is 0 Å². The van der Waals surface area contributed by atoms with Crippen molar-refractivity contribution < 1.29 is 29.0 Å². The van der Waals surface area contributed by atoms with E-state index in [1.165, 1.54) is 0 Å². The number of ether oxygens (including phenoxy) is 2. The molecule has 186 valence electrons. The van der Waals surface area contributed by atoms with Gasteiger partial charge in [0.1, 0.15) is 17.5 Å². The van der Waals surface area contributed by atoms with Gasteiger partial charge in [0.25, 0.3) is 0 Å². The number of alkyl carbamates (subject to hydrolysis) is 2. The molecule has 8 heteroatoms. The molecule has 0 aromatic carbocycles. The van der Waals surface area contributed by atoms with Crippen LogP contribution in [0.4, 0.5) is 9.59 Å². The first-order valence-corrected chi connectivity index (χ1v) is 10.5. The first-order chi connectivity index (χ1) is 13.5. The van der Waals surface area contributed by atoms with Crippen molar-refractivity contribution in [3.8, 4) is 0 Å². The lowest BCUT2D eigenvalue weighted by Crippen LogP contribution is -2.41. The van der Waals surface area contributed by atoms with Gasteiger partial charge in [0.15, 0.2) is 0 Å². The Kier molecular flexibility index (Phi) is 17.3. The summed E-state index contributed by atoms with van der Waals surface area (Å²) in [5.41, 5.74) is -1.03. The van der Waals surface area contributed by atoms with Crippen molar-refractivity contribution in [3.63, 3.8) is 0 Å². The van der Waals surface area contributed by atoms with E-state index in [-0.39, 0.29) is 20.1 Å². The number of aliphatic hydroxyl groups is 1. The second-order valence-electron chi connectivity index (χ2n) is 10.2. The topological polar surface area (TPSA) is 114 Å². The van der Waals surface area contributed by atoms with Gasteiger partial charge in [-0.25, -0.2) is 9.59 Å². The Morgan fingerprint density at radius 3 is 1.52 bits per heavy atom. The van der Waals surface area contributed by atoms with Crippen LogP contribution in [-0.4, -0.2) is 53.5 Å². The van der Waals surface area contributed by atoms with Crippen LogP contribution in [0.25, 0.3) is 0 Å². The SMILES string of the molecule is C.CC(C)CC(C=O)NC(=O)OC(C)(C)C.CC(C)CC(CO)NC(=O)OC(C)(C)C. The van der Waals surface area contributed by atoms with Gasteiger partial charge < -0.3 is 30.0 Å². The van der Waals surface area contributed by atoms with Crippen LogP contribution in [-0.2, 0) is 14.3 Å². The number of aldehydes is 1. The largest absolute Gasteiger partial charge is 0.444 e. The molecule has 0 fully saturated rings. The lowest BCUT2D eigenvalue weighted by atomic mass is 10.0. The maximum Gasteiger partial charge on any atom is 0.408 e. The molecule has 0 aromatic rings. The monoisotopic (exact) mass is 448 g/mol. The van der Waals surface area contributed by atoms with Gasteiger partial charge in [-0.05, 0) is 66.2 Å². The molecule has 0 aromatic heterocycles. The molecule has 0 aliphatic rings. The Morgan fingerprint density at radius 1 is 0.839 bits per heavy atom. The lowest BCUT2D eigenvalue weighted by Gasteiger charge is -2.23. The standard InChI is InChI=1S/C11H23NO3.C11H21NO3.CH4/c2*1-8(2)6-9(7-13)12-10(14)15-11(3,4)5;/h8-9,13H,6-7H2,1-5H3,(H,12,14);7-9H,6H2,1-5H3,(H,12,14);1H4. The van der Waals surface area contributed by atoms with Crippen molar-refractivity contribution in [3.05, 3.63) is 0 Å². The minimum absolute atomic E-state index is 0. The van der Waals surface area contributed by atoms with Crippen LogP contribution in [0.15, 0.2) is 0 Å². The van der Waals surface area contributed by atoms with Gasteiger partial charge in [-0.2, -0.15) is 0 Å².